The van der Waals surface area contributed by atoms with Gasteiger partial charge in [-0.1, -0.05) is 24.3 Å². The van der Waals surface area contributed by atoms with Crippen LogP contribution in [0.4, 0.5) is 0 Å². The van der Waals surface area contributed by atoms with Gasteiger partial charge in [0.2, 0.25) is 0 Å². The minimum Gasteiger partial charge on any atom is -0.381 e. The third-order valence-electron chi connectivity index (χ3n) is 3.76. The van der Waals surface area contributed by atoms with Crippen LogP contribution in [-0.2, 0) is 11.2 Å². The smallest absolute Gasteiger partial charge is 0.0734 e. The van der Waals surface area contributed by atoms with Gasteiger partial charge in [-0.15, -0.1) is 0 Å². The van der Waals surface area contributed by atoms with Gasteiger partial charge in [0.1, 0.15) is 0 Å². The van der Waals surface area contributed by atoms with Crippen LogP contribution in [0.1, 0.15) is 18.4 Å². The fourth-order valence-corrected chi connectivity index (χ4v) is 2.68. The van der Waals surface area contributed by atoms with E-state index in [9.17, 15) is 0 Å². The summed E-state index contributed by atoms with van der Waals surface area (Å²) in [7, 11) is 0. The highest BCUT2D eigenvalue weighted by molar-refractivity contribution is 5.81. The zero-order chi connectivity index (χ0) is 12.9. The van der Waals surface area contributed by atoms with Gasteiger partial charge < -0.3 is 10.1 Å². The first-order valence-electron chi connectivity index (χ1n) is 7.07. The van der Waals surface area contributed by atoms with Crippen LogP contribution in [0.5, 0.6) is 0 Å². The van der Waals surface area contributed by atoms with Gasteiger partial charge in [-0.3, -0.25) is 4.98 Å². The van der Waals surface area contributed by atoms with Crippen LogP contribution >= 0.6 is 0 Å². The number of nitrogens with one attached hydrogen (secondary N) is 1. The van der Waals surface area contributed by atoms with Crippen molar-refractivity contribution >= 4 is 10.9 Å². The van der Waals surface area contributed by atoms with E-state index in [2.05, 4.69) is 34.6 Å². The van der Waals surface area contributed by atoms with Gasteiger partial charge in [-0.2, -0.15) is 0 Å². The Morgan fingerprint density at radius 1 is 1.16 bits per heavy atom. The molecule has 1 fully saturated rings. The van der Waals surface area contributed by atoms with Crippen molar-refractivity contribution in [3.8, 4) is 0 Å². The Hall–Kier alpha value is -1.45. The maximum atomic E-state index is 5.37. The van der Waals surface area contributed by atoms with E-state index in [1.807, 2.05) is 12.3 Å². The molecule has 19 heavy (non-hydrogen) atoms. The first-order valence-corrected chi connectivity index (χ1v) is 7.07. The van der Waals surface area contributed by atoms with Gasteiger partial charge in [0.15, 0.2) is 0 Å². The van der Waals surface area contributed by atoms with Crippen molar-refractivity contribution in [2.24, 2.45) is 0 Å². The molecule has 0 bridgehead atoms. The highest BCUT2D eigenvalue weighted by atomic mass is 16.5. The molecule has 100 valence electrons. The van der Waals surface area contributed by atoms with Crippen molar-refractivity contribution in [2.75, 3.05) is 19.8 Å². The highest BCUT2D eigenvalue weighted by Crippen LogP contribution is 2.16. The molecule has 0 saturated carbocycles. The SMILES string of the molecule is c1cnc2c(CCNC3CCOCC3)cccc2c1. The molecule has 3 heteroatoms. The van der Waals surface area contributed by atoms with Crippen LogP contribution in [0.15, 0.2) is 36.5 Å². The minimum absolute atomic E-state index is 0.622. The van der Waals surface area contributed by atoms with Crippen LogP contribution in [0.25, 0.3) is 10.9 Å². The number of fused-ring (bicyclic) bond motifs is 1. The van der Waals surface area contributed by atoms with E-state index in [0.29, 0.717) is 6.04 Å². The molecule has 0 amide bonds. The second-order valence-corrected chi connectivity index (χ2v) is 5.08. The van der Waals surface area contributed by atoms with Crippen molar-refractivity contribution in [1.29, 1.82) is 0 Å². The highest BCUT2D eigenvalue weighted by Gasteiger charge is 2.12. The summed E-state index contributed by atoms with van der Waals surface area (Å²) in [5.74, 6) is 0. The zero-order valence-corrected chi connectivity index (χ0v) is 11.1. The van der Waals surface area contributed by atoms with Gasteiger partial charge in [0.25, 0.3) is 0 Å². The second kappa shape index (κ2) is 6.13. The number of aromatic nitrogens is 1. The molecule has 1 aliphatic rings. The van der Waals surface area contributed by atoms with Crippen molar-refractivity contribution < 1.29 is 4.74 Å². The van der Waals surface area contributed by atoms with E-state index in [4.69, 9.17) is 4.74 Å². The number of nitrogens with zero attached hydrogens (tertiary/aromatic N) is 1. The Morgan fingerprint density at radius 3 is 2.89 bits per heavy atom. The molecule has 1 saturated heterocycles. The quantitative estimate of drug-likeness (QED) is 0.913. The van der Waals surface area contributed by atoms with Crippen LogP contribution in [0.2, 0.25) is 0 Å². The minimum atomic E-state index is 0.622. The predicted octanol–water partition coefficient (Wildman–Crippen LogP) is 2.55. The van der Waals surface area contributed by atoms with E-state index in [1.54, 1.807) is 0 Å². The molecule has 3 nitrogen and oxygen atoms in total. The average Bonchev–Trinajstić information content (AvgIpc) is 2.49. The first-order chi connectivity index (χ1) is 9.43. The van der Waals surface area contributed by atoms with Gasteiger partial charge in [0, 0.05) is 30.8 Å². The topological polar surface area (TPSA) is 34.2 Å². The van der Waals surface area contributed by atoms with Crippen LogP contribution in [0, 0.1) is 0 Å². The zero-order valence-electron chi connectivity index (χ0n) is 11.1. The lowest BCUT2D eigenvalue weighted by molar-refractivity contribution is 0.0782. The van der Waals surface area contributed by atoms with Gasteiger partial charge in [-0.25, -0.2) is 0 Å². The summed E-state index contributed by atoms with van der Waals surface area (Å²) in [5.41, 5.74) is 2.47. The summed E-state index contributed by atoms with van der Waals surface area (Å²) in [6, 6.07) is 11.2. The molecule has 0 atom stereocenters. The van der Waals surface area contributed by atoms with Crippen molar-refractivity contribution in [2.45, 2.75) is 25.3 Å². The van der Waals surface area contributed by atoms with Crippen molar-refractivity contribution in [3.63, 3.8) is 0 Å². The molecule has 0 spiro atoms. The van der Waals surface area contributed by atoms with E-state index < -0.39 is 0 Å². The van der Waals surface area contributed by atoms with Crippen molar-refractivity contribution in [1.82, 2.24) is 10.3 Å². The largest absolute Gasteiger partial charge is 0.381 e. The molecular weight excluding hydrogens is 236 g/mol. The van der Waals surface area contributed by atoms with Crippen LogP contribution in [-0.4, -0.2) is 30.8 Å². The summed E-state index contributed by atoms with van der Waals surface area (Å²) < 4.78 is 5.37. The Morgan fingerprint density at radius 2 is 2.00 bits per heavy atom. The number of para-hydroxylation sites is 1. The van der Waals surface area contributed by atoms with E-state index in [1.165, 1.54) is 10.9 Å². The molecule has 2 heterocycles. The molecule has 0 radical (unpaired) electrons. The third-order valence-corrected chi connectivity index (χ3v) is 3.76. The number of benzene rings is 1. The number of hydrogen-bond acceptors (Lipinski definition) is 3. The van der Waals surface area contributed by atoms with E-state index in [0.717, 1.165) is 44.5 Å². The fourth-order valence-electron chi connectivity index (χ4n) is 2.68. The molecule has 1 aliphatic heterocycles. The molecule has 2 aromatic rings. The number of ether oxygens (including phenoxy) is 1. The number of hydrogen-bond donors (Lipinski definition) is 1. The lowest BCUT2D eigenvalue weighted by atomic mass is 10.1. The van der Waals surface area contributed by atoms with Crippen LogP contribution in [0.3, 0.4) is 0 Å². The molecule has 0 aliphatic carbocycles. The number of pyridine rings is 1. The Bertz CT molecular complexity index is 530. The molecule has 1 aromatic heterocycles. The Balaban J connectivity index is 1.62. The van der Waals surface area contributed by atoms with Crippen LogP contribution < -0.4 is 5.32 Å². The molecule has 3 rings (SSSR count). The summed E-state index contributed by atoms with van der Waals surface area (Å²) in [6.45, 7) is 2.81. The molecule has 0 unspecified atom stereocenters. The predicted molar refractivity (Wildman–Crippen MR) is 77.3 cm³/mol. The molecule has 1 N–H and O–H groups in total. The molecular formula is C16H20N2O. The van der Waals surface area contributed by atoms with E-state index >= 15 is 0 Å². The maximum Gasteiger partial charge on any atom is 0.0734 e. The standard InChI is InChI=1S/C16H20N2O/c1-3-13-5-2-9-18-16(13)14(4-1)6-10-17-15-7-11-19-12-8-15/h1-5,9,15,17H,6-8,10-12H2. The average molecular weight is 256 g/mol. The third kappa shape index (κ3) is 3.11. The summed E-state index contributed by atoms with van der Waals surface area (Å²) in [4.78, 5) is 4.50. The first kappa shape index (κ1) is 12.6. The van der Waals surface area contributed by atoms with Crippen molar-refractivity contribution in [3.05, 3.63) is 42.1 Å². The monoisotopic (exact) mass is 256 g/mol. The second-order valence-electron chi connectivity index (χ2n) is 5.08. The van der Waals surface area contributed by atoms with Gasteiger partial charge in [-0.05, 0) is 37.4 Å². The lowest BCUT2D eigenvalue weighted by Crippen LogP contribution is -2.35. The van der Waals surface area contributed by atoms with E-state index in [-0.39, 0.29) is 0 Å². The Labute approximate surface area is 114 Å². The van der Waals surface area contributed by atoms with Gasteiger partial charge >= 0.3 is 0 Å². The number of rotatable bonds is 4. The maximum absolute atomic E-state index is 5.37. The summed E-state index contributed by atoms with van der Waals surface area (Å²) in [5, 5.41) is 4.85. The molecule has 1 aromatic carbocycles. The summed E-state index contributed by atoms with van der Waals surface area (Å²) >= 11 is 0. The summed E-state index contributed by atoms with van der Waals surface area (Å²) in [6.07, 6.45) is 5.17. The van der Waals surface area contributed by atoms with Gasteiger partial charge in [0.05, 0.1) is 5.52 Å². The fraction of sp³-hybridized carbons (Fsp3) is 0.438. The normalized spacial score (nSPS) is 16.8. The Kier molecular flexibility index (Phi) is 4.06. The lowest BCUT2D eigenvalue weighted by Gasteiger charge is -2.23.